The van der Waals surface area contributed by atoms with Crippen LogP contribution < -0.4 is 11.1 Å². The van der Waals surface area contributed by atoms with E-state index in [1.165, 1.54) is 7.11 Å². The molecule has 0 aliphatic heterocycles. The topological polar surface area (TPSA) is 64.3 Å². The van der Waals surface area contributed by atoms with Gasteiger partial charge in [0.15, 0.2) is 0 Å². The number of hydrogen-bond donors (Lipinski definition) is 2. The monoisotopic (exact) mass is 202 g/mol. The number of nitrogens with one attached hydrogen (secondary N) is 1. The van der Waals surface area contributed by atoms with Crippen molar-refractivity contribution >= 4 is 29.9 Å². The highest BCUT2D eigenvalue weighted by atomic mass is 35.5. The van der Waals surface area contributed by atoms with Crippen LogP contribution in [0.4, 0.5) is 16.2 Å². The van der Waals surface area contributed by atoms with Gasteiger partial charge in [0.2, 0.25) is 0 Å². The maximum Gasteiger partial charge on any atom is 0.411 e. The third kappa shape index (κ3) is 3.66. The molecule has 13 heavy (non-hydrogen) atoms. The Bertz CT molecular complexity index is 291. The zero-order chi connectivity index (χ0) is 8.97. The Morgan fingerprint density at radius 2 is 2.23 bits per heavy atom. The lowest BCUT2D eigenvalue weighted by Crippen LogP contribution is -2.10. The first-order valence-electron chi connectivity index (χ1n) is 3.43. The highest BCUT2D eigenvalue weighted by molar-refractivity contribution is 5.85. The minimum atomic E-state index is -0.499. The van der Waals surface area contributed by atoms with Crippen LogP contribution >= 0.6 is 12.4 Å². The van der Waals surface area contributed by atoms with Gasteiger partial charge in [-0.25, -0.2) is 4.79 Å². The molecule has 3 N–H and O–H groups in total. The van der Waals surface area contributed by atoms with Crippen molar-refractivity contribution in [2.45, 2.75) is 0 Å². The average Bonchev–Trinajstić information content (AvgIpc) is 2.04. The van der Waals surface area contributed by atoms with Crippen molar-refractivity contribution in [3.63, 3.8) is 0 Å². The van der Waals surface area contributed by atoms with Crippen molar-refractivity contribution in [1.29, 1.82) is 0 Å². The standard InChI is InChI=1S/C8H10N2O2.ClH/c1-12-8(11)10-7-4-2-3-6(9)5-7;/h2-5H,9H2,1H3,(H,10,11);1H. The average molecular weight is 203 g/mol. The Hall–Kier alpha value is -1.42. The van der Waals surface area contributed by atoms with E-state index in [0.29, 0.717) is 11.4 Å². The summed E-state index contributed by atoms with van der Waals surface area (Å²) in [7, 11) is 1.31. The summed E-state index contributed by atoms with van der Waals surface area (Å²) in [6.45, 7) is 0. The number of rotatable bonds is 1. The Labute approximate surface area is 82.5 Å². The highest BCUT2D eigenvalue weighted by Gasteiger charge is 1.98. The third-order valence-electron chi connectivity index (χ3n) is 1.32. The molecule has 72 valence electrons. The first-order chi connectivity index (χ1) is 5.72. The molecule has 0 saturated carbocycles. The lowest BCUT2D eigenvalue weighted by Gasteiger charge is -2.03. The van der Waals surface area contributed by atoms with Gasteiger partial charge < -0.3 is 10.5 Å². The quantitative estimate of drug-likeness (QED) is 0.684. The van der Waals surface area contributed by atoms with Crippen LogP contribution in [0.3, 0.4) is 0 Å². The van der Waals surface area contributed by atoms with Gasteiger partial charge in [0.25, 0.3) is 0 Å². The fraction of sp³-hybridized carbons (Fsp3) is 0.125. The number of ether oxygens (including phenoxy) is 1. The van der Waals surface area contributed by atoms with Crippen molar-refractivity contribution < 1.29 is 9.53 Å². The number of carbonyl (C=O) groups excluding carboxylic acids is 1. The maximum atomic E-state index is 10.7. The van der Waals surface area contributed by atoms with Crippen LogP contribution in [-0.4, -0.2) is 13.2 Å². The fourth-order valence-corrected chi connectivity index (χ4v) is 0.785. The van der Waals surface area contributed by atoms with Crippen LogP contribution in [0.5, 0.6) is 0 Å². The summed E-state index contributed by atoms with van der Waals surface area (Å²) < 4.78 is 4.40. The van der Waals surface area contributed by atoms with Gasteiger partial charge in [0.05, 0.1) is 7.11 Å². The molecule has 1 aromatic carbocycles. The zero-order valence-corrected chi connectivity index (χ0v) is 7.93. The molecule has 0 aliphatic carbocycles. The summed E-state index contributed by atoms with van der Waals surface area (Å²) in [5.41, 5.74) is 6.71. The second kappa shape index (κ2) is 5.27. The summed E-state index contributed by atoms with van der Waals surface area (Å²) in [5.74, 6) is 0. The van der Waals surface area contributed by atoms with Crippen LogP contribution in [0.2, 0.25) is 0 Å². The summed E-state index contributed by atoms with van der Waals surface area (Å²) in [6, 6.07) is 6.87. The number of halogens is 1. The Kier molecular flexibility index (Phi) is 4.69. The Morgan fingerprint density at radius 1 is 1.54 bits per heavy atom. The molecule has 0 fully saturated rings. The molecule has 4 nitrogen and oxygen atoms in total. The molecule has 0 heterocycles. The summed E-state index contributed by atoms with van der Waals surface area (Å²) in [4.78, 5) is 10.7. The molecule has 1 rings (SSSR count). The zero-order valence-electron chi connectivity index (χ0n) is 7.11. The van der Waals surface area contributed by atoms with Gasteiger partial charge in [-0.05, 0) is 18.2 Å². The summed E-state index contributed by atoms with van der Waals surface area (Å²) in [5, 5.41) is 2.49. The van der Waals surface area contributed by atoms with Crippen molar-refractivity contribution in [3.8, 4) is 0 Å². The number of methoxy groups -OCH3 is 1. The number of hydrogen-bond acceptors (Lipinski definition) is 3. The SMILES string of the molecule is COC(=O)Nc1cccc(N)c1.Cl. The van der Waals surface area contributed by atoms with E-state index in [-0.39, 0.29) is 12.4 Å². The molecule has 5 heteroatoms. The highest BCUT2D eigenvalue weighted by Crippen LogP contribution is 2.11. The van der Waals surface area contributed by atoms with Gasteiger partial charge in [-0.1, -0.05) is 6.07 Å². The number of anilines is 2. The van der Waals surface area contributed by atoms with E-state index in [0.717, 1.165) is 0 Å². The predicted molar refractivity (Wildman–Crippen MR) is 54.1 cm³/mol. The third-order valence-corrected chi connectivity index (χ3v) is 1.32. The van der Waals surface area contributed by atoms with E-state index in [2.05, 4.69) is 10.1 Å². The first kappa shape index (κ1) is 11.6. The molecule has 0 unspecified atom stereocenters. The van der Waals surface area contributed by atoms with E-state index in [1.807, 2.05) is 0 Å². The van der Waals surface area contributed by atoms with Crippen LogP contribution in [-0.2, 0) is 4.74 Å². The van der Waals surface area contributed by atoms with E-state index >= 15 is 0 Å². The summed E-state index contributed by atoms with van der Waals surface area (Å²) >= 11 is 0. The van der Waals surface area contributed by atoms with Crippen LogP contribution in [0, 0.1) is 0 Å². The second-order valence-corrected chi connectivity index (χ2v) is 2.24. The molecule has 0 saturated heterocycles. The molecular formula is C8H11ClN2O2. The molecule has 0 spiro atoms. The molecule has 0 atom stereocenters. The van der Waals surface area contributed by atoms with Gasteiger partial charge >= 0.3 is 6.09 Å². The number of nitrogens with two attached hydrogens (primary N) is 1. The number of nitrogen functional groups attached to an aromatic ring is 1. The number of carbonyl (C=O) groups is 1. The Morgan fingerprint density at radius 3 is 2.77 bits per heavy atom. The van der Waals surface area contributed by atoms with E-state index in [1.54, 1.807) is 24.3 Å². The van der Waals surface area contributed by atoms with Gasteiger partial charge in [-0.3, -0.25) is 5.32 Å². The molecule has 0 bridgehead atoms. The molecule has 1 aromatic rings. The molecule has 0 radical (unpaired) electrons. The van der Waals surface area contributed by atoms with Crippen LogP contribution in [0.1, 0.15) is 0 Å². The molecular weight excluding hydrogens is 192 g/mol. The Balaban J connectivity index is 0.00000144. The fourth-order valence-electron chi connectivity index (χ4n) is 0.785. The minimum Gasteiger partial charge on any atom is -0.453 e. The molecule has 0 aromatic heterocycles. The van der Waals surface area contributed by atoms with Gasteiger partial charge in [0, 0.05) is 11.4 Å². The summed E-state index contributed by atoms with van der Waals surface area (Å²) in [6.07, 6.45) is -0.499. The molecule has 0 aliphatic rings. The largest absolute Gasteiger partial charge is 0.453 e. The first-order valence-corrected chi connectivity index (χ1v) is 3.43. The number of amides is 1. The van der Waals surface area contributed by atoms with Crippen molar-refractivity contribution in [3.05, 3.63) is 24.3 Å². The number of benzene rings is 1. The van der Waals surface area contributed by atoms with Gasteiger partial charge in [-0.15, -0.1) is 12.4 Å². The van der Waals surface area contributed by atoms with E-state index in [9.17, 15) is 4.79 Å². The van der Waals surface area contributed by atoms with Crippen molar-refractivity contribution in [2.75, 3.05) is 18.2 Å². The van der Waals surface area contributed by atoms with E-state index in [4.69, 9.17) is 5.73 Å². The van der Waals surface area contributed by atoms with Crippen molar-refractivity contribution in [2.24, 2.45) is 0 Å². The lowest BCUT2D eigenvalue weighted by molar-refractivity contribution is 0.187. The maximum absolute atomic E-state index is 10.7. The van der Waals surface area contributed by atoms with Gasteiger partial charge in [-0.2, -0.15) is 0 Å². The second-order valence-electron chi connectivity index (χ2n) is 2.24. The predicted octanol–water partition coefficient (Wildman–Crippen LogP) is 1.87. The minimum absolute atomic E-state index is 0. The van der Waals surface area contributed by atoms with Crippen LogP contribution in [0.25, 0.3) is 0 Å². The normalized spacial score (nSPS) is 8.38. The van der Waals surface area contributed by atoms with Crippen molar-refractivity contribution in [1.82, 2.24) is 0 Å². The van der Waals surface area contributed by atoms with Crippen LogP contribution in [0.15, 0.2) is 24.3 Å². The lowest BCUT2D eigenvalue weighted by atomic mass is 10.3. The van der Waals surface area contributed by atoms with E-state index < -0.39 is 6.09 Å². The van der Waals surface area contributed by atoms with Gasteiger partial charge in [0.1, 0.15) is 0 Å². The smallest absolute Gasteiger partial charge is 0.411 e. The molecule has 1 amide bonds.